The standard InChI is InChI=1S/C12H23N5O2S/c1-4-14-10-8-11(17-12(16-10)9(2)3)15-6-5-7-20(13,18)19/h8-9H,4-7H2,1-3H3,(H2,13,18,19)(H2,14,15,16,17). The van der Waals surface area contributed by atoms with Gasteiger partial charge in [0.15, 0.2) is 0 Å². The van der Waals surface area contributed by atoms with Crippen molar-refractivity contribution in [2.75, 3.05) is 29.5 Å². The number of sulfonamides is 1. The van der Waals surface area contributed by atoms with Gasteiger partial charge in [0.1, 0.15) is 17.5 Å². The van der Waals surface area contributed by atoms with Crippen molar-refractivity contribution in [2.24, 2.45) is 5.14 Å². The maximum Gasteiger partial charge on any atom is 0.209 e. The van der Waals surface area contributed by atoms with Gasteiger partial charge in [-0.05, 0) is 13.3 Å². The highest BCUT2D eigenvalue weighted by Gasteiger charge is 2.08. The summed E-state index contributed by atoms with van der Waals surface area (Å²) in [5, 5.41) is 11.2. The molecule has 1 aromatic rings. The zero-order valence-electron chi connectivity index (χ0n) is 12.2. The summed E-state index contributed by atoms with van der Waals surface area (Å²) in [6.45, 7) is 7.32. The molecule has 1 heterocycles. The van der Waals surface area contributed by atoms with E-state index in [-0.39, 0.29) is 11.7 Å². The van der Waals surface area contributed by atoms with E-state index in [2.05, 4.69) is 20.6 Å². The van der Waals surface area contributed by atoms with Gasteiger partial charge in [0.05, 0.1) is 5.75 Å². The zero-order chi connectivity index (χ0) is 15.2. The minimum atomic E-state index is -3.40. The molecule has 0 aliphatic carbocycles. The second kappa shape index (κ2) is 7.39. The number of nitrogens with one attached hydrogen (secondary N) is 2. The van der Waals surface area contributed by atoms with E-state index in [0.29, 0.717) is 18.8 Å². The maximum absolute atomic E-state index is 10.8. The van der Waals surface area contributed by atoms with E-state index in [1.54, 1.807) is 0 Å². The fourth-order valence-electron chi connectivity index (χ4n) is 1.58. The Morgan fingerprint density at radius 1 is 1.25 bits per heavy atom. The molecular weight excluding hydrogens is 278 g/mol. The summed E-state index contributed by atoms with van der Waals surface area (Å²) in [6, 6.07) is 1.81. The lowest BCUT2D eigenvalue weighted by atomic mass is 10.2. The molecule has 0 atom stereocenters. The number of nitrogens with zero attached hydrogens (tertiary/aromatic N) is 2. The number of rotatable bonds is 8. The van der Waals surface area contributed by atoms with E-state index in [1.165, 1.54) is 0 Å². The smallest absolute Gasteiger partial charge is 0.209 e. The summed E-state index contributed by atoms with van der Waals surface area (Å²) in [4.78, 5) is 8.82. The lowest BCUT2D eigenvalue weighted by molar-refractivity contribution is 0.595. The Morgan fingerprint density at radius 2 is 1.85 bits per heavy atom. The highest BCUT2D eigenvalue weighted by atomic mass is 32.2. The number of nitrogens with two attached hydrogens (primary N) is 1. The Labute approximate surface area is 120 Å². The van der Waals surface area contributed by atoms with Crippen LogP contribution in [0.4, 0.5) is 11.6 Å². The third-order valence-electron chi connectivity index (χ3n) is 2.53. The van der Waals surface area contributed by atoms with Crippen molar-refractivity contribution in [3.8, 4) is 0 Å². The van der Waals surface area contributed by atoms with Crippen molar-refractivity contribution in [1.29, 1.82) is 0 Å². The number of hydrogen-bond acceptors (Lipinski definition) is 6. The van der Waals surface area contributed by atoms with Crippen LogP contribution in [-0.2, 0) is 10.0 Å². The van der Waals surface area contributed by atoms with Crippen molar-refractivity contribution in [3.05, 3.63) is 11.9 Å². The molecule has 1 rings (SSSR count). The van der Waals surface area contributed by atoms with E-state index in [0.717, 1.165) is 18.2 Å². The van der Waals surface area contributed by atoms with Crippen molar-refractivity contribution >= 4 is 21.7 Å². The molecule has 0 spiro atoms. The van der Waals surface area contributed by atoms with Crippen molar-refractivity contribution < 1.29 is 8.42 Å². The second-order valence-corrected chi connectivity index (χ2v) is 6.56. The number of anilines is 2. The van der Waals surface area contributed by atoms with Gasteiger partial charge >= 0.3 is 0 Å². The van der Waals surface area contributed by atoms with Crippen LogP contribution in [0, 0.1) is 0 Å². The summed E-state index contributed by atoms with van der Waals surface area (Å²) < 4.78 is 21.7. The van der Waals surface area contributed by atoms with Crippen LogP contribution in [0.5, 0.6) is 0 Å². The molecule has 0 fully saturated rings. The van der Waals surface area contributed by atoms with Crippen LogP contribution >= 0.6 is 0 Å². The van der Waals surface area contributed by atoms with Crippen molar-refractivity contribution in [1.82, 2.24) is 9.97 Å². The Bertz CT molecular complexity index is 531. The minimum absolute atomic E-state index is 0.0395. The molecule has 0 aliphatic rings. The molecule has 1 aromatic heterocycles. The zero-order valence-corrected chi connectivity index (χ0v) is 13.0. The van der Waals surface area contributed by atoms with Gasteiger partial charge in [-0.1, -0.05) is 13.8 Å². The lowest BCUT2D eigenvalue weighted by Crippen LogP contribution is -2.19. The Morgan fingerprint density at radius 3 is 2.35 bits per heavy atom. The topological polar surface area (TPSA) is 110 Å². The molecule has 0 amide bonds. The molecule has 0 aliphatic heterocycles. The van der Waals surface area contributed by atoms with Crippen LogP contribution in [0.25, 0.3) is 0 Å². The molecule has 4 N–H and O–H groups in total. The molecule has 8 heteroatoms. The molecule has 0 radical (unpaired) electrons. The van der Waals surface area contributed by atoms with Gasteiger partial charge in [0, 0.05) is 25.1 Å². The molecule has 0 saturated carbocycles. The first-order valence-electron chi connectivity index (χ1n) is 6.69. The fourth-order valence-corrected chi connectivity index (χ4v) is 2.12. The maximum atomic E-state index is 10.8. The lowest BCUT2D eigenvalue weighted by Gasteiger charge is -2.12. The average Bonchev–Trinajstić information content (AvgIpc) is 2.33. The average molecular weight is 301 g/mol. The van der Waals surface area contributed by atoms with Crippen LogP contribution < -0.4 is 15.8 Å². The van der Waals surface area contributed by atoms with Crippen LogP contribution in [0.1, 0.15) is 38.9 Å². The summed E-state index contributed by atoms with van der Waals surface area (Å²) in [7, 11) is -3.40. The van der Waals surface area contributed by atoms with Crippen LogP contribution in [0.15, 0.2) is 6.07 Å². The minimum Gasteiger partial charge on any atom is -0.370 e. The van der Waals surface area contributed by atoms with Gasteiger partial charge in [-0.25, -0.2) is 23.5 Å². The van der Waals surface area contributed by atoms with Crippen molar-refractivity contribution in [3.63, 3.8) is 0 Å². The predicted molar refractivity (Wildman–Crippen MR) is 81.4 cm³/mol. The fraction of sp³-hybridized carbons (Fsp3) is 0.667. The quantitative estimate of drug-likeness (QED) is 0.621. The molecule has 0 saturated heterocycles. The first kappa shape index (κ1) is 16.6. The molecule has 0 bridgehead atoms. The molecule has 7 nitrogen and oxygen atoms in total. The van der Waals surface area contributed by atoms with Crippen LogP contribution in [0.2, 0.25) is 0 Å². The van der Waals surface area contributed by atoms with Gasteiger partial charge in [0.2, 0.25) is 10.0 Å². The van der Waals surface area contributed by atoms with Gasteiger partial charge in [-0.2, -0.15) is 0 Å². The van der Waals surface area contributed by atoms with Crippen molar-refractivity contribution in [2.45, 2.75) is 33.1 Å². The number of primary sulfonamides is 1. The molecule has 0 unspecified atom stereocenters. The van der Waals surface area contributed by atoms with Gasteiger partial charge in [-0.3, -0.25) is 0 Å². The third-order valence-corrected chi connectivity index (χ3v) is 3.39. The summed E-state index contributed by atoms with van der Waals surface area (Å²) in [5.74, 6) is 2.38. The predicted octanol–water partition coefficient (Wildman–Crippen LogP) is 1.12. The molecule has 20 heavy (non-hydrogen) atoms. The molecule has 114 valence electrons. The normalized spacial score (nSPS) is 11.7. The first-order valence-corrected chi connectivity index (χ1v) is 8.40. The Hall–Kier alpha value is -1.41. The monoisotopic (exact) mass is 301 g/mol. The van der Waals surface area contributed by atoms with E-state index >= 15 is 0 Å². The molecule has 0 aromatic carbocycles. The number of hydrogen-bond donors (Lipinski definition) is 3. The highest BCUT2D eigenvalue weighted by molar-refractivity contribution is 7.89. The molecular formula is C12H23N5O2S. The summed E-state index contributed by atoms with van der Waals surface area (Å²) >= 11 is 0. The van der Waals surface area contributed by atoms with Crippen LogP contribution in [0.3, 0.4) is 0 Å². The summed E-state index contributed by atoms with van der Waals surface area (Å²) in [5.41, 5.74) is 0. The van der Waals surface area contributed by atoms with E-state index in [1.807, 2.05) is 26.8 Å². The SMILES string of the molecule is CCNc1cc(NCCCS(N)(=O)=O)nc(C(C)C)n1. The highest BCUT2D eigenvalue weighted by Crippen LogP contribution is 2.16. The van der Waals surface area contributed by atoms with E-state index in [9.17, 15) is 8.42 Å². The van der Waals surface area contributed by atoms with Gasteiger partial charge < -0.3 is 10.6 Å². The van der Waals surface area contributed by atoms with Crippen LogP contribution in [-0.4, -0.2) is 37.2 Å². The van der Waals surface area contributed by atoms with Gasteiger partial charge in [-0.15, -0.1) is 0 Å². The van der Waals surface area contributed by atoms with Gasteiger partial charge in [0.25, 0.3) is 0 Å². The first-order chi connectivity index (χ1) is 9.31. The second-order valence-electron chi connectivity index (χ2n) is 4.83. The Kier molecular flexibility index (Phi) is 6.15. The summed E-state index contributed by atoms with van der Waals surface area (Å²) in [6.07, 6.45) is 0.441. The number of aromatic nitrogens is 2. The largest absolute Gasteiger partial charge is 0.370 e. The van der Waals surface area contributed by atoms with E-state index in [4.69, 9.17) is 5.14 Å². The van der Waals surface area contributed by atoms with E-state index < -0.39 is 10.0 Å². The third kappa shape index (κ3) is 6.16. The Balaban J connectivity index is 2.68.